The van der Waals surface area contributed by atoms with Crippen molar-refractivity contribution in [3.8, 4) is 0 Å². The van der Waals surface area contributed by atoms with Gasteiger partial charge >= 0.3 is 0 Å². The summed E-state index contributed by atoms with van der Waals surface area (Å²) in [5.41, 5.74) is 5.24. The van der Waals surface area contributed by atoms with Crippen LogP contribution in [0.5, 0.6) is 0 Å². The Morgan fingerprint density at radius 1 is 1.20 bits per heavy atom. The Morgan fingerprint density at radius 2 is 1.87 bits per heavy atom. The van der Waals surface area contributed by atoms with Crippen LogP contribution >= 0.6 is 0 Å². The Hall–Kier alpha value is -1.18. The van der Waals surface area contributed by atoms with E-state index >= 15 is 0 Å². The zero-order valence-corrected chi connectivity index (χ0v) is 9.85. The first-order valence-corrected chi connectivity index (χ1v) is 5.82. The topological polar surface area (TPSA) is 24.1 Å². The maximum atomic E-state index is 3.60. The number of rotatable bonds is 2. The second kappa shape index (κ2) is 4.13. The van der Waals surface area contributed by atoms with E-state index in [0.29, 0.717) is 6.04 Å². The molecule has 0 aromatic heterocycles. The van der Waals surface area contributed by atoms with E-state index < -0.39 is 0 Å². The summed E-state index contributed by atoms with van der Waals surface area (Å²) in [4.78, 5) is 0. The molecule has 1 heterocycles. The summed E-state index contributed by atoms with van der Waals surface area (Å²) in [7, 11) is 0. The maximum absolute atomic E-state index is 3.60. The summed E-state index contributed by atoms with van der Waals surface area (Å²) in [6.07, 6.45) is 2.47. The molecule has 1 aromatic rings. The van der Waals surface area contributed by atoms with Crippen LogP contribution < -0.4 is 10.6 Å². The monoisotopic (exact) mass is 204 g/mol. The zero-order valence-electron chi connectivity index (χ0n) is 9.85. The third kappa shape index (κ3) is 2.09. The molecule has 15 heavy (non-hydrogen) atoms. The molecule has 0 amide bonds. The van der Waals surface area contributed by atoms with Gasteiger partial charge in [-0.25, -0.2) is 0 Å². The van der Waals surface area contributed by atoms with E-state index in [1.54, 1.807) is 0 Å². The first kappa shape index (κ1) is 10.3. The summed E-state index contributed by atoms with van der Waals surface area (Å²) in [5, 5.41) is 7.11. The lowest BCUT2D eigenvalue weighted by Gasteiger charge is -2.29. The summed E-state index contributed by atoms with van der Waals surface area (Å²) in [5.74, 6) is 0. The molecular formula is C13H20N2. The van der Waals surface area contributed by atoms with Gasteiger partial charge in [0.1, 0.15) is 0 Å². The fourth-order valence-corrected chi connectivity index (χ4v) is 2.11. The number of hydrogen-bond acceptors (Lipinski definition) is 2. The largest absolute Gasteiger partial charge is 0.381 e. The van der Waals surface area contributed by atoms with Crippen molar-refractivity contribution in [2.75, 3.05) is 17.2 Å². The molecule has 0 saturated carbocycles. The minimum atomic E-state index is 0.588. The highest BCUT2D eigenvalue weighted by Crippen LogP contribution is 2.29. The summed E-state index contributed by atoms with van der Waals surface area (Å²) < 4.78 is 0. The molecule has 1 aliphatic heterocycles. The van der Waals surface area contributed by atoms with Crippen molar-refractivity contribution < 1.29 is 0 Å². The van der Waals surface area contributed by atoms with Crippen LogP contribution in [-0.4, -0.2) is 12.6 Å². The molecule has 0 fully saturated rings. The average molecular weight is 204 g/mol. The molecule has 82 valence electrons. The molecule has 2 heteroatoms. The predicted octanol–water partition coefficient (Wildman–Crippen LogP) is 3.31. The molecule has 1 atom stereocenters. The van der Waals surface area contributed by atoms with Gasteiger partial charge in [-0.2, -0.15) is 0 Å². The quantitative estimate of drug-likeness (QED) is 0.772. The van der Waals surface area contributed by atoms with Crippen LogP contribution in [-0.2, 0) is 0 Å². The number of aryl methyl sites for hydroxylation is 2. The van der Waals surface area contributed by atoms with Gasteiger partial charge in [0.15, 0.2) is 0 Å². The van der Waals surface area contributed by atoms with Crippen molar-refractivity contribution in [2.45, 2.75) is 39.7 Å². The van der Waals surface area contributed by atoms with Gasteiger partial charge in [-0.05, 0) is 43.5 Å². The lowest BCUT2D eigenvalue weighted by atomic mass is 10.0. The Morgan fingerprint density at radius 3 is 2.53 bits per heavy atom. The fourth-order valence-electron chi connectivity index (χ4n) is 2.11. The maximum Gasteiger partial charge on any atom is 0.0581 e. The van der Waals surface area contributed by atoms with Crippen LogP contribution in [0.25, 0.3) is 0 Å². The van der Waals surface area contributed by atoms with Gasteiger partial charge in [-0.15, -0.1) is 0 Å². The van der Waals surface area contributed by atoms with Gasteiger partial charge in [-0.1, -0.05) is 13.3 Å². The Bertz CT molecular complexity index is 358. The number of benzene rings is 1. The Labute approximate surface area is 92.1 Å². The van der Waals surface area contributed by atoms with Crippen molar-refractivity contribution in [3.05, 3.63) is 23.3 Å². The molecule has 0 spiro atoms. The van der Waals surface area contributed by atoms with E-state index in [1.807, 2.05) is 0 Å². The van der Waals surface area contributed by atoms with Crippen molar-refractivity contribution >= 4 is 11.4 Å². The van der Waals surface area contributed by atoms with Crippen LogP contribution in [0.2, 0.25) is 0 Å². The highest BCUT2D eigenvalue weighted by atomic mass is 15.1. The van der Waals surface area contributed by atoms with Crippen molar-refractivity contribution in [3.63, 3.8) is 0 Å². The second-order valence-corrected chi connectivity index (χ2v) is 4.49. The minimum absolute atomic E-state index is 0.588. The summed E-state index contributed by atoms with van der Waals surface area (Å²) in [6, 6.07) is 5.07. The van der Waals surface area contributed by atoms with Gasteiger partial charge in [0.2, 0.25) is 0 Å². The van der Waals surface area contributed by atoms with Gasteiger partial charge in [-0.3, -0.25) is 0 Å². The number of anilines is 2. The summed E-state index contributed by atoms with van der Waals surface area (Å²) in [6.45, 7) is 7.61. The third-order valence-electron chi connectivity index (χ3n) is 3.17. The number of nitrogens with one attached hydrogen (secondary N) is 2. The smallest absolute Gasteiger partial charge is 0.0581 e. The van der Waals surface area contributed by atoms with Gasteiger partial charge in [0, 0.05) is 12.6 Å². The fraction of sp³-hybridized carbons (Fsp3) is 0.538. The molecule has 0 unspecified atom stereocenters. The molecule has 0 bridgehead atoms. The second-order valence-electron chi connectivity index (χ2n) is 4.49. The van der Waals surface area contributed by atoms with Crippen LogP contribution in [0, 0.1) is 13.8 Å². The van der Waals surface area contributed by atoms with E-state index in [0.717, 1.165) is 6.54 Å². The lowest BCUT2D eigenvalue weighted by molar-refractivity contribution is 0.655. The van der Waals surface area contributed by atoms with Crippen molar-refractivity contribution in [1.29, 1.82) is 0 Å². The Balaban J connectivity index is 2.22. The first-order valence-electron chi connectivity index (χ1n) is 5.82. The number of fused-ring (bicyclic) bond motifs is 1. The van der Waals surface area contributed by atoms with Crippen LogP contribution in [0.4, 0.5) is 11.4 Å². The molecule has 0 radical (unpaired) electrons. The van der Waals surface area contributed by atoms with E-state index in [2.05, 4.69) is 43.5 Å². The highest BCUT2D eigenvalue weighted by molar-refractivity contribution is 5.73. The third-order valence-corrected chi connectivity index (χ3v) is 3.17. The molecule has 2 N–H and O–H groups in total. The normalized spacial score (nSPS) is 19.0. The predicted molar refractivity (Wildman–Crippen MR) is 66.7 cm³/mol. The minimum Gasteiger partial charge on any atom is -0.381 e. The molecule has 0 saturated heterocycles. The molecule has 2 nitrogen and oxygen atoms in total. The van der Waals surface area contributed by atoms with Gasteiger partial charge in [0.05, 0.1) is 11.4 Å². The van der Waals surface area contributed by atoms with E-state index in [9.17, 15) is 0 Å². The lowest BCUT2D eigenvalue weighted by Crippen LogP contribution is -2.32. The zero-order chi connectivity index (χ0) is 10.8. The van der Waals surface area contributed by atoms with E-state index in [4.69, 9.17) is 0 Å². The molecule has 2 rings (SSSR count). The molecular weight excluding hydrogens is 184 g/mol. The highest BCUT2D eigenvalue weighted by Gasteiger charge is 2.16. The van der Waals surface area contributed by atoms with Gasteiger partial charge < -0.3 is 10.6 Å². The van der Waals surface area contributed by atoms with Gasteiger partial charge in [0.25, 0.3) is 0 Å². The van der Waals surface area contributed by atoms with Crippen LogP contribution in [0.3, 0.4) is 0 Å². The Kier molecular flexibility index (Phi) is 2.85. The first-order chi connectivity index (χ1) is 7.20. The molecule has 1 aromatic carbocycles. The van der Waals surface area contributed by atoms with Crippen molar-refractivity contribution in [2.24, 2.45) is 0 Å². The van der Waals surface area contributed by atoms with Crippen molar-refractivity contribution in [1.82, 2.24) is 0 Å². The SMILES string of the molecule is CCC[C@@H]1CNc2cc(C)c(C)cc2N1. The van der Waals surface area contributed by atoms with E-state index in [1.165, 1.54) is 35.3 Å². The standard InChI is InChI=1S/C13H20N2/c1-4-5-11-8-14-12-6-9(2)10(3)7-13(12)15-11/h6-7,11,14-15H,4-5,8H2,1-3H3/t11-/m1/s1. The average Bonchev–Trinajstić information content (AvgIpc) is 2.21. The molecule has 1 aliphatic rings. The summed E-state index contributed by atoms with van der Waals surface area (Å²) >= 11 is 0. The number of hydrogen-bond donors (Lipinski definition) is 2. The van der Waals surface area contributed by atoms with Crippen LogP contribution in [0.1, 0.15) is 30.9 Å². The van der Waals surface area contributed by atoms with E-state index in [-0.39, 0.29) is 0 Å². The van der Waals surface area contributed by atoms with Crippen LogP contribution in [0.15, 0.2) is 12.1 Å². The molecule has 0 aliphatic carbocycles.